The number of aliphatic hydroxyl groups excluding tert-OH is 1. The summed E-state index contributed by atoms with van der Waals surface area (Å²) >= 11 is 0. The SMILES string of the molecule is CC1CN(Cc2ccc(C(=O)NC(C)(CO)C3CC3)cc2)CC(C)O1. The largest absolute Gasteiger partial charge is 0.394 e. The van der Waals surface area contributed by atoms with Crippen molar-refractivity contribution in [2.45, 2.75) is 57.9 Å². The van der Waals surface area contributed by atoms with Gasteiger partial charge in [0.05, 0.1) is 24.4 Å². The van der Waals surface area contributed by atoms with Crippen LogP contribution in [0.1, 0.15) is 49.5 Å². The van der Waals surface area contributed by atoms with Gasteiger partial charge in [-0.15, -0.1) is 0 Å². The van der Waals surface area contributed by atoms with Crippen LogP contribution < -0.4 is 5.32 Å². The number of amides is 1. The first-order valence-electron chi connectivity index (χ1n) is 9.30. The molecule has 2 fully saturated rings. The van der Waals surface area contributed by atoms with E-state index in [0.717, 1.165) is 32.5 Å². The summed E-state index contributed by atoms with van der Waals surface area (Å²) in [5.41, 5.74) is 1.34. The Balaban J connectivity index is 1.59. The number of benzene rings is 1. The average molecular weight is 346 g/mol. The van der Waals surface area contributed by atoms with E-state index >= 15 is 0 Å². The summed E-state index contributed by atoms with van der Waals surface area (Å²) in [6.45, 7) is 8.86. The Bertz CT molecular complexity index is 589. The van der Waals surface area contributed by atoms with Crippen molar-refractivity contribution in [3.63, 3.8) is 0 Å². The summed E-state index contributed by atoms with van der Waals surface area (Å²) in [5, 5.41) is 12.6. The van der Waals surface area contributed by atoms with E-state index in [1.807, 2.05) is 31.2 Å². The third-order valence-electron chi connectivity index (χ3n) is 5.32. The second-order valence-corrected chi connectivity index (χ2v) is 7.95. The molecule has 0 radical (unpaired) electrons. The predicted molar refractivity (Wildman–Crippen MR) is 97.4 cm³/mol. The Morgan fingerprint density at radius 2 is 1.84 bits per heavy atom. The molecule has 0 aromatic heterocycles. The fraction of sp³-hybridized carbons (Fsp3) is 0.650. The average Bonchev–Trinajstić information content (AvgIpc) is 3.39. The number of carbonyl (C=O) groups is 1. The summed E-state index contributed by atoms with van der Waals surface area (Å²) in [5.74, 6) is 0.287. The van der Waals surface area contributed by atoms with Gasteiger partial charge in [-0.3, -0.25) is 9.69 Å². The van der Waals surface area contributed by atoms with Crippen LogP contribution in [0.25, 0.3) is 0 Å². The van der Waals surface area contributed by atoms with E-state index in [-0.39, 0.29) is 24.7 Å². The first-order valence-corrected chi connectivity index (χ1v) is 9.30. The van der Waals surface area contributed by atoms with Gasteiger partial charge >= 0.3 is 0 Å². The fourth-order valence-corrected chi connectivity index (χ4v) is 3.76. The summed E-state index contributed by atoms with van der Waals surface area (Å²) in [4.78, 5) is 14.9. The van der Waals surface area contributed by atoms with Gasteiger partial charge in [0.15, 0.2) is 0 Å². The second kappa shape index (κ2) is 7.44. The molecule has 1 saturated carbocycles. The molecule has 1 amide bonds. The molecular weight excluding hydrogens is 316 g/mol. The van der Waals surface area contributed by atoms with Gasteiger partial charge in [0.25, 0.3) is 5.91 Å². The Kier molecular flexibility index (Phi) is 5.46. The van der Waals surface area contributed by atoms with Gasteiger partial charge in [0.2, 0.25) is 0 Å². The zero-order valence-corrected chi connectivity index (χ0v) is 15.5. The summed E-state index contributed by atoms with van der Waals surface area (Å²) in [7, 11) is 0. The quantitative estimate of drug-likeness (QED) is 0.829. The Morgan fingerprint density at radius 1 is 1.24 bits per heavy atom. The minimum atomic E-state index is -0.504. The van der Waals surface area contributed by atoms with Crippen LogP contribution in [0, 0.1) is 5.92 Å². The lowest BCUT2D eigenvalue weighted by Gasteiger charge is -2.35. The smallest absolute Gasteiger partial charge is 0.251 e. The number of morpholine rings is 1. The highest BCUT2D eigenvalue weighted by Gasteiger charge is 2.42. The molecular formula is C20H30N2O3. The van der Waals surface area contributed by atoms with Gasteiger partial charge in [-0.1, -0.05) is 12.1 Å². The summed E-state index contributed by atoms with van der Waals surface area (Å²) in [6.07, 6.45) is 2.67. The third-order valence-corrected chi connectivity index (χ3v) is 5.32. The summed E-state index contributed by atoms with van der Waals surface area (Å²) < 4.78 is 5.77. The number of aliphatic hydroxyl groups is 1. The highest BCUT2D eigenvalue weighted by atomic mass is 16.5. The zero-order chi connectivity index (χ0) is 18.0. The molecule has 3 rings (SSSR count). The van der Waals surface area contributed by atoms with E-state index in [9.17, 15) is 9.90 Å². The van der Waals surface area contributed by atoms with Crippen molar-refractivity contribution in [1.82, 2.24) is 10.2 Å². The van der Waals surface area contributed by atoms with Gasteiger partial charge in [-0.05, 0) is 57.2 Å². The standard InChI is InChI=1S/C20H30N2O3/c1-14-10-22(11-15(2)25-14)12-16-4-6-17(7-5-16)19(24)21-20(3,13-23)18-8-9-18/h4-7,14-15,18,23H,8-13H2,1-3H3,(H,21,24). The molecule has 2 aliphatic rings. The van der Waals surface area contributed by atoms with Crippen molar-refractivity contribution in [1.29, 1.82) is 0 Å². The maximum atomic E-state index is 12.5. The van der Waals surface area contributed by atoms with Crippen molar-refractivity contribution in [2.75, 3.05) is 19.7 Å². The van der Waals surface area contributed by atoms with Crippen molar-refractivity contribution in [3.05, 3.63) is 35.4 Å². The molecule has 3 unspecified atom stereocenters. The number of rotatable bonds is 6. The topological polar surface area (TPSA) is 61.8 Å². The van der Waals surface area contributed by atoms with Crippen LogP contribution in [-0.4, -0.2) is 53.4 Å². The van der Waals surface area contributed by atoms with Crippen LogP contribution in [-0.2, 0) is 11.3 Å². The first-order chi connectivity index (χ1) is 11.9. The first kappa shape index (κ1) is 18.4. The van der Waals surface area contributed by atoms with Gasteiger partial charge in [-0.25, -0.2) is 0 Å². The van der Waals surface area contributed by atoms with Crippen LogP contribution in [0.15, 0.2) is 24.3 Å². The molecule has 1 aromatic carbocycles. The molecule has 5 heteroatoms. The number of ether oxygens (including phenoxy) is 1. The highest BCUT2D eigenvalue weighted by Crippen LogP contribution is 2.39. The molecule has 0 spiro atoms. The number of hydrogen-bond acceptors (Lipinski definition) is 4. The van der Waals surface area contributed by atoms with E-state index in [4.69, 9.17) is 4.74 Å². The Labute approximate surface area is 150 Å². The van der Waals surface area contributed by atoms with E-state index in [1.165, 1.54) is 5.56 Å². The summed E-state index contributed by atoms with van der Waals surface area (Å²) in [6, 6.07) is 7.80. The predicted octanol–water partition coefficient (Wildman–Crippen LogP) is 2.19. The molecule has 2 N–H and O–H groups in total. The third kappa shape index (κ3) is 4.60. The molecule has 1 saturated heterocycles. The number of nitrogens with zero attached hydrogens (tertiary/aromatic N) is 1. The van der Waals surface area contributed by atoms with Crippen molar-refractivity contribution in [2.24, 2.45) is 5.92 Å². The Hall–Kier alpha value is -1.43. The van der Waals surface area contributed by atoms with Crippen molar-refractivity contribution in [3.8, 4) is 0 Å². The molecule has 1 aliphatic carbocycles. The fourth-order valence-electron chi connectivity index (χ4n) is 3.76. The molecule has 138 valence electrons. The van der Waals surface area contributed by atoms with Gasteiger partial charge in [-0.2, -0.15) is 0 Å². The molecule has 5 nitrogen and oxygen atoms in total. The van der Waals surface area contributed by atoms with Crippen LogP contribution >= 0.6 is 0 Å². The van der Waals surface area contributed by atoms with Crippen LogP contribution in [0.4, 0.5) is 0 Å². The second-order valence-electron chi connectivity index (χ2n) is 7.95. The van der Waals surface area contributed by atoms with E-state index in [0.29, 0.717) is 11.5 Å². The van der Waals surface area contributed by atoms with Crippen molar-refractivity contribution >= 4 is 5.91 Å². The number of carbonyl (C=O) groups excluding carboxylic acids is 1. The number of nitrogens with one attached hydrogen (secondary N) is 1. The monoisotopic (exact) mass is 346 g/mol. The molecule has 25 heavy (non-hydrogen) atoms. The van der Waals surface area contributed by atoms with Gasteiger partial charge in [0.1, 0.15) is 0 Å². The van der Waals surface area contributed by atoms with Gasteiger partial charge in [0, 0.05) is 25.2 Å². The Morgan fingerprint density at radius 3 is 2.36 bits per heavy atom. The molecule has 3 atom stereocenters. The van der Waals surface area contributed by atoms with Crippen LogP contribution in [0.2, 0.25) is 0 Å². The zero-order valence-electron chi connectivity index (χ0n) is 15.5. The van der Waals surface area contributed by atoms with E-state index < -0.39 is 5.54 Å². The maximum absolute atomic E-state index is 12.5. The lowest BCUT2D eigenvalue weighted by Crippen LogP contribution is -2.50. The highest BCUT2D eigenvalue weighted by molar-refractivity contribution is 5.94. The number of hydrogen-bond donors (Lipinski definition) is 2. The van der Waals surface area contributed by atoms with E-state index in [2.05, 4.69) is 24.1 Å². The lowest BCUT2D eigenvalue weighted by atomic mass is 9.96. The van der Waals surface area contributed by atoms with E-state index in [1.54, 1.807) is 0 Å². The molecule has 1 aliphatic heterocycles. The molecule has 1 heterocycles. The van der Waals surface area contributed by atoms with Crippen molar-refractivity contribution < 1.29 is 14.6 Å². The molecule has 0 bridgehead atoms. The normalized spacial score (nSPS) is 26.9. The van der Waals surface area contributed by atoms with Crippen LogP contribution in [0.5, 0.6) is 0 Å². The van der Waals surface area contributed by atoms with Gasteiger partial charge < -0.3 is 15.2 Å². The van der Waals surface area contributed by atoms with Crippen LogP contribution in [0.3, 0.4) is 0 Å². The minimum absolute atomic E-state index is 0.0190. The molecule has 1 aromatic rings. The lowest BCUT2D eigenvalue weighted by molar-refractivity contribution is -0.0704. The minimum Gasteiger partial charge on any atom is -0.394 e. The maximum Gasteiger partial charge on any atom is 0.251 e.